The molecule has 0 aliphatic rings. The van der Waals surface area contributed by atoms with E-state index in [0.717, 1.165) is 10.7 Å². The standard InChI is InChI=1S/C18H19N3O3S/c1-3-23-15-7-5-13(11-16(15)24-4-2)20-17(22)8-6-14-12-19-18-21(14)9-10-25-18/h5-12H,3-4H2,1-2H3,(H,20,22)/b8-6+. The zero-order valence-corrected chi connectivity index (χ0v) is 14.9. The first-order valence-corrected chi connectivity index (χ1v) is 8.88. The number of carbonyl (C=O) groups excluding carboxylic acids is 1. The molecule has 3 rings (SSSR count). The molecular formula is C18H19N3O3S. The fraction of sp³-hybridized carbons (Fsp3) is 0.222. The van der Waals surface area contributed by atoms with Gasteiger partial charge in [0.1, 0.15) is 0 Å². The Morgan fingerprint density at radius 2 is 2.08 bits per heavy atom. The Kier molecular flexibility index (Phi) is 5.35. The van der Waals surface area contributed by atoms with E-state index in [1.807, 2.05) is 29.8 Å². The smallest absolute Gasteiger partial charge is 0.248 e. The number of hydrogen-bond donors (Lipinski definition) is 1. The lowest BCUT2D eigenvalue weighted by Gasteiger charge is -2.12. The molecule has 1 aromatic carbocycles. The highest BCUT2D eigenvalue weighted by molar-refractivity contribution is 7.15. The number of imidazole rings is 1. The SMILES string of the molecule is CCOc1ccc(NC(=O)/C=C/c2cnc3sccn23)cc1OCC. The highest BCUT2D eigenvalue weighted by Gasteiger charge is 2.08. The summed E-state index contributed by atoms with van der Waals surface area (Å²) in [6.07, 6.45) is 6.88. The molecule has 130 valence electrons. The van der Waals surface area contributed by atoms with Crippen LogP contribution in [0.2, 0.25) is 0 Å². The Labute approximate surface area is 149 Å². The lowest BCUT2D eigenvalue weighted by Crippen LogP contribution is -2.08. The number of fused-ring (bicyclic) bond motifs is 1. The summed E-state index contributed by atoms with van der Waals surface area (Å²) >= 11 is 1.55. The van der Waals surface area contributed by atoms with Crippen LogP contribution in [0.3, 0.4) is 0 Å². The van der Waals surface area contributed by atoms with E-state index in [0.29, 0.717) is 30.4 Å². The van der Waals surface area contributed by atoms with Crippen molar-refractivity contribution in [3.05, 3.63) is 47.7 Å². The summed E-state index contributed by atoms with van der Waals surface area (Å²) in [6.45, 7) is 4.89. The minimum Gasteiger partial charge on any atom is -0.490 e. The second-order valence-electron chi connectivity index (χ2n) is 5.09. The predicted octanol–water partition coefficient (Wildman–Crippen LogP) is 3.85. The maximum atomic E-state index is 12.2. The highest BCUT2D eigenvalue weighted by atomic mass is 32.1. The van der Waals surface area contributed by atoms with Gasteiger partial charge in [-0.1, -0.05) is 0 Å². The molecule has 0 radical (unpaired) electrons. The van der Waals surface area contributed by atoms with Gasteiger partial charge in [0.2, 0.25) is 5.91 Å². The molecule has 0 saturated carbocycles. The number of nitrogens with zero attached hydrogens (tertiary/aromatic N) is 2. The van der Waals surface area contributed by atoms with Crippen LogP contribution < -0.4 is 14.8 Å². The molecule has 0 atom stereocenters. The number of hydrogen-bond acceptors (Lipinski definition) is 5. The molecule has 7 heteroatoms. The summed E-state index contributed by atoms with van der Waals surface area (Å²) in [5.74, 6) is 1.05. The number of nitrogens with one attached hydrogen (secondary N) is 1. The summed E-state index contributed by atoms with van der Waals surface area (Å²) in [5.41, 5.74) is 1.50. The van der Waals surface area contributed by atoms with Gasteiger partial charge < -0.3 is 14.8 Å². The molecule has 0 fully saturated rings. The minimum atomic E-state index is -0.225. The average molecular weight is 357 g/mol. The molecule has 2 aromatic heterocycles. The number of thiazole rings is 1. The third-order valence-electron chi connectivity index (χ3n) is 3.39. The molecule has 6 nitrogen and oxygen atoms in total. The molecule has 3 aromatic rings. The van der Waals surface area contributed by atoms with Crippen molar-refractivity contribution in [1.82, 2.24) is 9.38 Å². The first-order valence-electron chi connectivity index (χ1n) is 8.00. The predicted molar refractivity (Wildman–Crippen MR) is 99.5 cm³/mol. The number of anilines is 1. The molecular weight excluding hydrogens is 338 g/mol. The van der Waals surface area contributed by atoms with Crippen LogP contribution in [0.5, 0.6) is 11.5 Å². The molecule has 1 N–H and O–H groups in total. The second kappa shape index (κ2) is 7.85. The lowest BCUT2D eigenvalue weighted by atomic mass is 10.2. The third kappa shape index (κ3) is 4.00. The first-order chi connectivity index (χ1) is 12.2. The van der Waals surface area contributed by atoms with Gasteiger partial charge in [-0.05, 0) is 32.1 Å². The monoisotopic (exact) mass is 357 g/mol. The van der Waals surface area contributed by atoms with Crippen molar-refractivity contribution in [3.8, 4) is 11.5 Å². The topological polar surface area (TPSA) is 64.9 Å². The van der Waals surface area contributed by atoms with Crippen LogP contribution in [0.25, 0.3) is 11.0 Å². The highest BCUT2D eigenvalue weighted by Crippen LogP contribution is 2.30. The van der Waals surface area contributed by atoms with Gasteiger partial charge in [-0.2, -0.15) is 0 Å². The van der Waals surface area contributed by atoms with Crippen molar-refractivity contribution >= 4 is 34.0 Å². The van der Waals surface area contributed by atoms with Gasteiger partial charge in [0.15, 0.2) is 16.5 Å². The molecule has 0 spiro atoms. The Balaban J connectivity index is 1.71. The maximum Gasteiger partial charge on any atom is 0.248 e. The Morgan fingerprint density at radius 3 is 2.88 bits per heavy atom. The van der Waals surface area contributed by atoms with Gasteiger partial charge in [-0.3, -0.25) is 9.20 Å². The van der Waals surface area contributed by atoms with Gasteiger partial charge in [-0.15, -0.1) is 11.3 Å². The maximum absolute atomic E-state index is 12.2. The van der Waals surface area contributed by atoms with Crippen LogP contribution >= 0.6 is 11.3 Å². The Hall–Kier alpha value is -2.80. The summed E-state index contributed by atoms with van der Waals surface area (Å²) < 4.78 is 13.0. The third-order valence-corrected chi connectivity index (χ3v) is 4.16. The number of aromatic nitrogens is 2. The van der Waals surface area contributed by atoms with Crippen LogP contribution in [0.4, 0.5) is 5.69 Å². The normalized spacial score (nSPS) is 11.1. The van der Waals surface area contributed by atoms with Gasteiger partial charge in [0, 0.05) is 29.4 Å². The van der Waals surface area contributed by atoms with Crippen LogP contribution in [0.15, 0.2) is 42.0 Å². The van der Waals surface area contributed by atoms with E-state index < -0.39 is 0 Å². The number of ether oxygens (including phenoxy) is 2. The van der Waals surface area contributed by atoms with Gasteiger partial charge in [-0.25, -0.2) is 4.98 Å². The number of benzene rings is 1. The van der Waals surface area contributed by atoms with E-state index in [1.54, 1.807) is 41.8 Å². The average Bonchev–Trinajstić information content (AvgIpc) is 3.20. The Bertz CT molecular complexity index is 898. The number of rotatable bonds is 7. The van der Waals surface area contributed by atoms with Crippen LogP contribution in [-0.4, -0.2) is 28.5 Å². The van der Waals surface area contributed by atoms with E-state index >= 15 is 0 Å². The summed E-state index contributed by atoms with van der Waals surface area (Å²) in [7, 11) is 0. The van der Waals surface area contributed by atoms with E-state index in [9.17, 15) is 4.79 Å². The van der Waals surface area contributed by atoms with E-state index in [-0.39, 0.29) is 5.91 Å². The minimum absolute atomic E-state index is 0.225. The zero-order chi connectivity index (χ0) is 17.6. The second-order valence-corrected chi connectivity index (χ2v) is 5.96. The first kappa shape index (κ1) is 17.0. The Morgan fingerprint density at radius 1 is 1.28 bits per heavy atom. The molecule has 0 bridgehead atoms. The van der Waals surface area contributed by atoms with Gasteiger partial charge in [0.05, 0.1) is 25.1 Å². The number of carbonyl (C=O) groups is 1. The molecule has 0 aliphatic heterocycles. The lowest BCUT2D eigenvalue weighted by molar-refractivity contribution is -0.111. The van der Waals surface area contributed by atoms with Crippen molar-refractivity contribution in [2.45, 2.75) is 13.8 Å². The summed E-state index contributed by atoms with van der Waals surface area (Å²) in [6, 6.07) is 5.34. The van der Waals surface area contributed by atoms with Crippen molar-refractivity contribution in [3.63, 3.8) is 0 Å². The van der Waals surface area contributed by atoms with Crippen molar-refractivity contribution in [2.24, 2.45) is 0 Å². The zero-order valence-electron chi connectivity index (χ0n) is 14.1. The molecule has 2 heterocycles. The van der Waals surface area contributed by atoms with Crippen molar-refractivity contribution in [1.29, 1.82) is 0 Å². The van der Waals surface area contributed by atoms with Crippen molar-refractivity contribution in [2.75, 3.05) is 18.5 Å². The molecule has 0 unspecified atom stereocenters. The molecule has 0 aliphatic carbocycles. The van der Waals surface area contributed by atoms with Crippen LogP contribution in [-0.2, 0) is 4.79 Å². The molecule has 25 heavy (non-hydrogen) atoms. The van der Waals surface area contributed by atoms with E-state index in [2.05, 4.69) is 10.3 Å². The fourth-order valence-corrected chi connectivity index (χ4v) is 3.04. The molecule has 0 saturated heterocycles. The van der Waals surface area contributed by atoms with Gasteiger partial charge >= 0.3 is 0 Å². The van der Waals surface area contributed by atoms with E-state index in [4.69, 9.17) is 9.47 Å². The summed E-state index contributed by atoms with van der Waals surface area (Å²) in [4.78, 5) is 17.3. The van der Waals surface area contributed by atoms with E-state index in [1.165, 1.54) is 6.08 Å². The largest absolute Gasteiger partial charge is 0.490 e. The van der Waals surface area contributed by atoms with Crippen LogP contribution in [0.1, 0.15) is 19.5 Å². The van der Waals surface area contributed by atoms with Crippen molar-refractivity contribution < 1.29 is 14.3 Å². The molecule has 1 amide bonds. The summed E-state index contributed by atoms with van der Waals surface area (Å²) in [5, 5.41) is 4.78. The quantitative estimate of drug-likeness (QED) is 0.653. The van der Waals surface area contributed by atoms with Crippen LogP contribution in [0, 0.1) is 0 Å². The number of amides is 1. The fourth-order valence-electron chi connectivity index (χ4n) is 2.34. The van der Waals surface area contributed by atoms with Gasteiger partial charge in [0.25, 0.3) is 0 Å².